The second kappa shape index (κ2) is 17.6. The minimum Gasteiger partial charge on any atom is -0.360 e. The van der Waals surface area contributed by atoms with Crippen LogP contribution in [-0.2, 0) is 43.0 Å². The van der Waals surface area contributed by atoms with E-state index in [4.69, 9.17) is 4.74 Å². The summed E-state index contributed by atoms with van der Waals surface area (Å²) in [5.74, 6) is 0. The Morgan fingerprint density at radius 3 is 1.37 bits per heavy atom. The molecule has 4 aliphatic rings. The van der Waals surface area contributed by atoms with Crippen molar-refractivity contribution in [3.05, 3.63) is 202 Å². The molecule has 4 heterocycles. The van der Waals surface area contributed by atoms with Gasteiger partial charge in [-0.15, -0.1) is 11.3 Å². The third-order valence-corrected chi connectivity index (χ3v) is 19.7. The fourth-order valence-electron chi connectivity index (χ4n) is 14.0. The molecule has 0 bridgehead atoms. The van der Waals surface area contributed by atoms with Crippen molar-refractivity contribution >= 4 is 95.0 Å². The fraction of sp³-hybridized carbons (Fsp3) is 0.333. The van der Waals surface area contributed by atoms with E-state index in [1.807, 2.05) is 11.3 Å². The van der Waals surface area contributed by atoms with Gasteiger partial charge in [-0.1, -0.05) is 164 Å². The number of anilines is 9. The molecule has 8 aromatic carbocycles. The van der Waals surface area contributed by atoms with Crippen molar-refractivity contribution in [1.82, 2.24) is 0 Å². The van der Waals surface area contributed by atoms with Gasteiger partial charge in [0.25, 0.3) is 6.71 Å². The van der Waals surface area contributed by atoms with Crippen LogP contribution in [0.2, 0.25) is 0 Å². The van der Waals surface area contributed by atoms with Gasteiger partial charge in [0.2, 0.25) is 0 Å². The summed E-state index contributed by atoms with van der Waals surface area (Å²) in [6.45, 7) is 41.4. The quantitative estimate of drug-likeness (QED) is 0.160. The lowest BCUT2D eigenvalue weighted by atomic mass is 9.36. The number of thiophene rings is 1. The molecule has 13 rings (SSSR count). The summed E-state index contributed by atoms with van der Waals surface area (Å²) in [6, 6.07) is 61.9. The number of ether oxygens (including phenoxy) is 1. The normalized spacial score (nSPS) is 16.4. The summed E-state index contributed by atoms with van der Waals surface area (Å²) in [4.78, 5) is 7.66. The van der Waals surface area contributed by atoms with Gasteiger partial charge in [-0.05, 0) is 207 Å². The second-order valence-electron chi connectivity index (χ2n) is 29.5. The summed E-state index contributed by atoms with van der Waals surface area (Å²) in [5.41, 5.74) is 25.7. The Morgan fingerprint density at radius 2 is 0.864 bits per heavy atom. The number of benzene rings is 8. The highest BCUT2D eigenvalue weighted by atomic mass is 32.1. The maximum atomic E-state index is 6.81. The Balaban J connectivity index is 1.08. The highest BCUT2D eigenvalue weighted by molar-refractivity contribution is 7.33. The fourth-order valence-corrected chi connectivity index (χ4v) is 15.3. The van der Waals surface area contributed by atoms with Gasteiger partial charge in [-0.2, -0.15) is 0 Å². The number of fused-ring (bicyclic) bond motifs is 10. The van der Waals surface area contributed by atoms with Crippen molar-refractivity contribution in [2.75, 3.05) is 14.7 Å². The molecule has 0 unspecified atom stereocenters. The van der Waals surface area contributed by atoms with E-state index >= 15 is 0 Å². The van der Waals surface area contributed by atoms with E-state index in [-0.39, 0.29) is 39.4 Å². The first-order valence-electron chi connectivity index (χ1n) is 29.5. The number of rotatable bonds is 5. The van der Waals surface area contributed by atoms with E-state index in [0.29, 0.717) is 0 Å². The molecular formula is C75H80BN3OS. The molecule has 4 nitrogen and oxygen atoms in total. The summed E-state index contributed by atoms with van der Waals surface area (Å²) in [6.07, 6.45) is 0. The SMILES string of the molecule is CC(C)(C)c1ccc(N(c2ccc(C(C)(C)C)cc2)c2ccc3c(c2)N(c2ccc(C(C)(C)C)cc2)c2cccc4c2B3c2sc3cc5c(cc3c2N4c2ccc(C(C)(C)C)cc2)-c2cc3c(cc2C5(C)C)C(C)(C)OC3(C)C)cc1. The summed E-state index contributed by atoms with van der Waals surface area (Å²) >= 11 is 2.00. The Labute approximate surface area is 487 Å². The Morgan fingerprint density at radius 1 is 0.432 bits per heavy atom. The van der Waals surface area contributed by atoms with Crippen LogP contribution >= 0.6 is 11.3 Å². The number of nitrogens with zero attached hydrogens (tertiary/aromatic N) is 3. The van der Waals surface area contributed by atoms with Crippen LogP contribution in [0.1, 0.15) is 169 Å². The lowest BCUT2D eigenvalue weighted by Gasteiger charge is -2.43. The van der Waals surface area contributed by atoms with Gasteiger partial charge < -0.3 is 19.4 Å². The smallest absolute Gasteiger partial charge is 0.264 e. The van der Waals surface area contributed by atoms with Crippen molar-refractivity contribution in [3.63, 3.8) is 0 Å². The van der Waals surface area contributed by atoms with Crippen molar-refractivity contribution in [2.24, 2.45) is 0 Å². The van der Waals surface area contributed by atoms with Crippen LogP contribution in [0.5, 0.6) is 0 Å². The van der Waals surface area contributed by atoms with Crippen LogP contribution < -0.4 is 30.4 Å². The summed E-state index contributed by atoms with van der Waals surface area (Å²) in [5, 5.41) is 1.30. The second-order valence-corrected chi connectivity index (χ2v) is 30.6. The molecule has 0 amide bonds. The van der Waals surface area contributed by atoms with Crippen LogP contribution in [0.3, 0.4) is 0 Å². The topological polar surface area (TPSA) is 19.0 Å². The van der Waals surface area contributed by atoms with Crippen molar-refractivity contribution in [3.8, 4) is 11.1 Å². The zero-order valence-electron chi connectivity index (χ0n) is 51.2. The zero-order chi connectivity index (χ0) is 57.5. The third kappa shape index (κ3) is 8.38. The van der Waals surface area contributed by atoms with E-state index in [9.17, 15) is 0 Å². The van der Waals surface area contributed by atoms with Gasteiger partial charge in [0.05, 0.1) is 16.9 Å². The van der Waals surface area contributed by atoms with E-state index in [2.05, 4.69) is 297 Å². The minimum atomic E-state index is -0.397. The first-order valence-corrected chi connectivity index (χ1v) is 30.3. The third-order valence-electron chi connectivity index (χ3n) is 18.5. The maximum absolute atomic E-state index is 6.81. The average molecular weight is 1080 g/mol. The van der Waals surface area contributed by atoms with E-state index < -0.39 is 5.60 Å². The monoisotopic (exact) mass is 1080 g/mol. The summed E-state index contributed by atoms with van der Waals surface area (Å²) in [7, 11) is 0. The van der Waals surface area contributed by atoms with Gasteiger partial charge in [0, 0.05) is 65.8 Å². The van der Waals surface area contributed by atoms with E-state index in [0.717, 1.165) is 22.7 Å². The molecule has 6 heteroatoms. The van der Waals surface area contributed by atoms with Gasteiger partial charge in [0.1, 0.15) is 0 Å². The standard InChI is InChI=1S/C75H80BN3OS/c1-69(2,3)45-22-30-49(31-23-45)77(50-32-24-46(25-33-50)70(4,5)6)53-38-39-61-64(40-53)78(51-34-26-47(27-35-51)71(7,8)9)62-20-19-21-63-66(62)76(61)68-67(79(63)52-36-28-48(29-37-52)72(10,11)12)56-41-54-55-42-59-60(75(17,18)80-74(59,15)16)43-57(55)73(13,14)58(54)44-65(56)81-68/h19-44H,1-18H3. The lowest BCUT2D eigenvalue weighted by molar-refractivity contribution is -0.105. The van der Waals surface area contributed by atoms with Gasteiger partial charge in [0.15, 0.2) is 0 Å². The Bertz CT molecular complexity index is 3960. The molecule has 1 aromatic heterocycles. The largest absolute Gasteiger partial charge is 0.360 e. The van der Waals surface area contributed by atoms with Crippen LogP contribution in [0.4, 0.5) is 51.2 Å². The molecule has 81 heavy (non-hydrogen) atoms. The molecule has 0 spiro atoms. The summed E-state index contributed by atoms with van der Waals surface area (Å²) < 4.78 is 9.50. The first kappa shape index (κ1) is 53.5. The Hall–Kier alpha value is -6.86. The van der Waals surface area contributed by atoms with Gasteiger partial charge in [-0.3, -0.25) is 0 Å². The minimum absolute atomic E-state index is 0.00809. The van der Waals surface area contributed by atoms with Crippen molar-refractivity contribution < 1.29 is 4.74 Å². The molecule has 9 aromatic rings. The first-order chi connectivity index (χ1) is 37.9. The molecule has 0 saturated heterocycles. The predicted molar refractivity (Wildman–Crippen MR) is 350 cm³/mol. The molecule has 0 fully saturated rings. The molecule has 0 N–H and O–H groups in total. The molecule has 0 saturated carbocycles. The van der Waals surface area contributed by atoms with Crippen LogP contribution in [0.25, 0.3) is 21.2 Å². The molecule has 410 valence electrons. The highest BCUT2D eigenvalue weighted by Crippen LogP contribution is 2.58. The van der Waals surface area contributed by atoms with E-state index in [1.165, 1.54) is 110 Å². The zero-order valence-corrected chi connectivity index (χ0v) is 52.1. The lowest BCUT2D eigenvalue weighted by Crippen LogP contribution is -2.60. The number of hydrogen-bond donors (Lipinski definition) is 0. The Kier molecular flexibility index (Phi) is 11.6. The van der Waals surface area contributed by atoms with Crippen molar-refractivity contribution in [2.45, 2.75) is 163 Å². The van der Waals surface area contributed by atoms with Crippen LogP contribution in [0.15, 0.2) is 158 Å². The van der Waals surface area contributed by atoms with Crippen LogP contribution in [0, 0.1) is 0 Å². The maximum Gasteiger partial charge on any atom is 0.264 e. The molecule has 1 aliphatic carbocycles. The molecule has 3 aliphatic heterocycles. The molecule has 0 atom stereocenters. The van der Waals surface area contributed by atoms with Crippen molar-refractivity contribution in [1.29, 1.82) is 0 Å². The highest BCUT2D eigenvalue weighted by Gasteiger charge is 2.49. The van der Waals surface area contributed by atoms with E-state index in [1.54, 1.807) is 0 Å². The number of hydrogen-bond acceptors (Lipinski definition) is 5. The molecule has 0 radical (unpaired) electrons. The predicted octanol–water partition coefficient (Wildman–Crippen LogP) is 19.5. The average Bonchev–Trinajstić information content (AvgIpc) is 2.03. The van der Waals surface area contributed by atoms with Gasteiger partial charge >= 0.3 is 0 Å². The molecular weight excluding hydrogens is 1000 g/mol. The van der Waals surface area contributed by atoms with Gasteiger partial charge in [-0.25, -0.2) is 0 Å². The van der Waals surface area contributed by atoms with Crippen LogP contribution in [-0.4, -0.2) is 6.71 Å².